The Balaban J connectivity index is 2.31. The summed E-state index contributed by atoms with van der Waals surface area (Å²) in [7, 11) is 3.96. The SMILES string of the molecule is Cc1ccc(Nc2ccc(N)cc2F)cc1N(C)C. The molecule has 0 aromatic heterocycles. The number of nitrogen functional groups attached to an aromatic ring is 1. The minimum absolute atomic E-state index is 0.355. The highest BCUT2D eigenvalue weighted by molar-refractivity contribution is 5.68. The van der Waals surface area contributed by atoms with Crippen LogP contribution in [0, 0.1) is 12.7 Å². The van der Waals surface area contributed by atoms with Crippen LogP contribution in [0.1, 0.15) is 5.56 Å². The van der Waals surface area contributed by atoms with E-state index in [9.17, 15) is 4.39 Å². The minimum atomic E-state index is -0.355. The molecular weight excluding hydrogens is 241 g/mol. The van der Waals surface area contributed by atoms with Gasteiger partial charge in [0.15, 0.2) is 0 Å². The Bertz CT molecular complexity index is 594. The third-order valence-electron chi connectivity index (χ3n) is 2.96. The normalized spacial score (nSPS) is 10.3. The molecule has 2 aromatic rings. The van der Waals surface area contributed by atoms with Gasteiger partial charge in [-0.1, -0.05) is 6.07 Å². The molecule has 19 heavy (non-hydrogen) atoms. The summed E-state index contributed by atoms with van der Waals surface area (Å²) in [5.41, 5.74) is 9.48. The molecule has 0 bridgehead atoms. The molecule has 0 saturated carbocycles. The molecule has 2 aromatic carbocycles. The Labute approximate surface area is 112 Å². The maximum Gasteiger partial charge on any atom is 0.148 e. The highest BCUT2D eigenvalue weighted by Gasteiger charge is 2.06. The molecule has 4 heteroatoms. The first kappa shape index (κ1) is 13.2. The highest BCUT2D eigenvalue weighted by Crippen LogP contribution is 2.26. The van der Waals surface area contributed by atoms with Crippen molar-refractivity contribution in [2.75, 3.05) is 30.0 Å². The lowest BCUT2D eigenvalue weighted by atomic mass is 10.1. The average molecular weight is 259 g/mol. The number of hydrogen-bond donors (Lipinski definition) is 2. The van der Waals surface area contributed by atoms with Crippen LogP contribution >= 0.6 is 0 Å². The van der Waals surface area contributed by atoms with Crippen molar-refractivity contribution in [3.63, 3.8) is 0 Å². The van der Waals surface area contributed by atoms with Crippen molar-refractivity contribution in [3.8, 4) is 0 Å². The fourth-order valence-corrected chi connectivity index (χ4v) is 1.96. The molecule has 2 rings (SSSR count). The number of rotatable bonds is 3. The molecule has 0 saturated heterocycles. The van der Waals surface area contributed by atoms with Crippen molar-refractivity contribution in [1.82, 2.24) is 0 Å². The summed E-state index contributed by atoms with van der Waals surface area (Å²) in [5.74, 6) is -0.355. The maximum atomic E-state index is 13.7. The summed E-state index contributed by atoms with van der Waals surface area (Å²) >= 11 is 0. The zero-order valence-corrected chi connectivity index (χ0v) is 11.4. The van der Waals surface area contributed by atoms with Crippen LogP contribution in [-0.4, -0.2) is 14.1 Å². The quantitative estimate of drug-likeness (QED) is 0.829. The fourth-order valence-electron chi connectivity index (χ4n) is 1.96. The number of nitrogens with two attached hydrogens (primary N) is 1. The lowest BCUT2D eigenvalue weighted by Gasteiger charge is -2.17. The van der Waals surface area contributed by atoms with Gasteiger partial charge in [-0.25, -0.2) is 4.39 Å². The summed E-state index contributed by atoms with van der Waals surface area (Å²) in [6.45, 7) is 2.04. The van der Waals surface area contributed by atoms with Crippen molar-refractivity contribution in [2.24, 2.45) is 0 Å². The van der Waals surface area contributed by atoms with Crippen molar-refractivity contribution < 1.29 is 4.39 Å². The minimum Gasteiger partial charge on any atom is -0.399 e. The molecular formula is C15H18FN3. The van der Waals surface area contributed by atoms with Gasteiger partial charge in [0.25, 0.3) is 0 Å². The standard InChI is InChI=1S/C15H18FN3/c1-10-4-6-12(9-15(10)19(2)3)18-14-7-5-11(17)8-13(14)16/h4-9,18H,17H2,1-3H3. The van der Waals surface area contributed by atoms with E-state index in [4.69, 9.17) is 5.73 Å². The second-order valence-corrected chi connectivity index (χ2v) is 4.76. The van der Waals surface area contributed by atoms with E-state index in [1.807, 2.05) is 44.1 Å². The van der Waals surface area contributed by atoms with E-state index >= 15 is 0 Å². The van der Waals surface area contributed by atoms with E-state index in [2.05, 4.69) is 5.32 Å². The maximum absolute atomic E-state index is 13.7. The first-order valence-electron chi connectivity index (χ1n) is 6.07. The smallest absolute Gasteiger partial charge is 0.148 e. The van der Waals surface area contributed by atoms with E-state index in [1.54, 1.807) is 12.1 Å². The lowest BCUT2D eigenvalue weighted by Crippen LogP contribution is -2.10. The third kappa shape index (κ3) is 2.96. The Morgan fingerprint density at radius 2 is 1.84 bits per heavy atom. The average Bonchev–Trinajstić information content (AvgIpc) is 2.34. The summed E-state index contributed by atoms with van der Waals surface area (Å²) in [6.07, 6.45) is 0. The van der Waals surface area contributed by atoms with Crippen LogP contribution in [0.4, 0.5) is 27.1 Å². The first-order chi connectivity index (χ1) is 8.97. The number of nitrogens with zero attached hydrogens (tertiary/aromatic N) is 1. The highest BCUT2D eigenvalue weighted by atomic mass is 19.1. The van der Waals surface area contributed by atoms with Gasteiger partial charge in [-0.2, -0.15) is 0 Å². The molecule has 100 valence electrons. The molecule has 0 atom stereocenters. The van der Waals surface area contributed by atoms with Gasteiger partial charge in [-0.3, -0.25) is 0 Å². The molecule has 0 spiro atoms. The van der Waals surface area contributed by atoms with Crippen LogP contribution in [0.2, 0.25) is 0 Å². The number of aryl methyl sites for hydroxylation is 1. The monoisotopic (exact) mass is 259 g/mol. The number of nitrogens with one attached hydrogen (secondary N) is 1. The molecule has 0 amide bonds. The molecule has 0 aliphatic heterocycles. The van der Waals surface area contributed by atoms with Crippen LogP contribution < -0.4 is 16.0 Å². The van der Waals surface area contributed by atoms with E-state index in [-0.39, 0.29) is 5.82 Å². The molecule has 0 aliphatic rings. The number of benzene rings is 2. The van der Waals surface area contributed by atoms with Crippen LogP contribution in [0.3, 0.4) is 0 Å². The Morgan fingerprint density at radius 1 is 1.11 bits per heavy atom. The third-order valence-corrected chi connectivity index (χ3v) is 2.96. The predicted molar refractivity (Wildman–Crippen MR) is 79.6 cm³/mol. The van der Waals surface area contributed by atoms with Crippen LogP contribution in [0.5, 0.6) is 0 Å². The van der Waals surface area contributed by atoms with Gasteiger partial charge in [0, 0.05) is 31.2 Å². The Morgan fingerprint density at radius 3 is 2.47 bits per heavy atom. The summed E-state index contributed by atoms with van der Waals surface area (Å²) in [4.78, 5) is 2.03. The van der Waals surface area contributed by atoms with Gasteiger partial charge in [-0.05, 0) is 42.8 Å². The van der Waals surface area contributed by atoms with Gasteiger partial charge in [0.05, 0.1) is 5.69 Å². The number of hydrogen-bond acceptors (Lipinski definition) is 3. The van der Waals surface area contributed by atoms with Gasteiger partial charge >= 0.3 is 0 Å². The van der Waals surface area contributed by atoms with Gasteiger partial charge < -0.3 is 16.0 Å². The molecule has 0 fully saturated rings. The zero-order valence-electron chi connectivity index (χ0n) is 11.4. The Kier molecular flexibility index (Phi) is 3.60. The van der Waals surface area contributed by atoms with Crippen molar-refractivity contribution in [3.05, 3.63) is 47.8 Å². The van der Waals surface area contributed by atoms with Crippen LogP contribution in [0.25, 0.3) is 0 Å². The Hall–Kier alpha value is -2.23. The number of halogens is 1. The first-order valence-corrected chi connectivity index (χ1v) is 6.07. The zero-order chi connectivity index (χ0) is 14.0. The predicted octanol–water partition coefficient (Wildman–Crippen LogP) is 3.53. The van der Waals surface area contributed by atoms with Gasteiger partial charge in [0.2, 0.25) is 0 Å². The molecule has 3 nitrogen and oxygen atoms in total. The van der Waals surface area contributed by atoms with Crippen LogP contribution in [0.15, 0.2) is 36.4 Å². The molecule has 0 radical (unpaired) electrons. The second kappa shape index (κ2) is 5.18. The summed E-state index contributed by atoms with van der Waals surface area (Å²) in [5, 5.41) is 3.06. The van der Waals surface area contributed by atoms with Crippen molar-refractivity contribution >= 4 is 22.7 Å². The fraction of sp³-hybridized carbons (Fsp3) is 0.200. The molecule has 0 aliphatic carbocycles. The lowest BCUT2D eigenvalue weighted by molar-refractivity contribution is 0.632. The summed E-state index contributed by atoms with van der Waals surface area (Å²) in [6, 6.07) is 10.5. The van der Waals surface area contributed by atoms with Gasteiger partial charge in [0.1, 0.15) is 5.82 Å². The van der Waals surface area contributed by atoms with Crippen molar-refractivity contribution in [1.29, 1.82) is 0 Å². The molecule has 0 heterocycles. The summed E-state index contributed by atoms with van der Waals surface area (Å²) < 4.78 is 13.7. The second-order valence-electron chi connectivity index (χ2n) is 4.76. The van der Waals surface area contributed by atoms with Crippen LogP contribution in [-0.2, 0) is 0 Å². The van der Waals surface area contributed by atoms with E-state index < -0.39 is 0 Å². The molecule has 0 unspecified atom stereocenters. The van der Waals surface area contributed by atoms with E-state index in [1.165, 1.54) is 11.6 Å². The van der Waals surface area contributed by atoms with E-state index in [0.29, 0.717) is 11.4 Å². The largest absolute Gasteiger partial charge is 0.399 e. The topological polar surface area (TPSA) is 41.3 Å². The van der Waals surface area contributed by atoms with Gasteiger partial charge in [-0.15, -0.1) is 0 Å². The number of anilines is 4. The van der Waals surface area contributed by atoms with Crippen molar-refractivity contribution in [2.45, 2.75) is 6.92 Å². The van der Waals surface area contributed by atoms with E-state index in [0.717, 1.165) is 11.4 Å². The molecule has 3 N–H and O–H groups in total.